The predicted octanol–water partition coefficient (Wildman–Crippen LogP) is 2.89. The van der Waals surface area contributed by atoms with Crippen molar-refractivity contribution in [3.8, 4) is 11.5 Å². The van der Waals surface area contributed by atoms with Crippen LogP contribution < -0.4 is 9.47 Å². The van der Waals surface area contributed by atoms with Gasteiger partial charge in [-0.2, -0.15) is 4.31 Å². The summed E-state index contributed by atoms with van der Waals surface area (Å²) < 4.78 is 37.9. The van der Waals surface area contributed by atoms with Gasteiger partial charge in [0.15, 0.2) is 11.5 Å². The van der Waals surface area contributed by atoms with Crippen molar-refractivity contribution in [1.82, 2.24) is 14.2 Å². The Morgan fingerprint density at radius 3 is 2.44 bits per heavy atom. The SMILES string of the molecule is COc1cc2c(cc1OC)C(c1ccccc1)N(C(=O)CN(C)S(=O)(=O)c1cccnc1)CC2. The average molecular weight is 482 g/mol. The Labute approximate surface area is 199 Å². The molecule has 0 fully saturated rings. The Morgan fingerprint density at radius 1 is 1.09 bits per heavy atom. The first kappa shape index (κ1) is 23.7. The highest BCUT2D eigenvalue weighted by molar-refractivity contribution is 7.89. The summed E-state index contributed by atoms with van der Waals surface area (Å²) in [7, 11) is 0.727. The molecule has 9 heteroatoms. The van der Waals surface area contributed by atoms with Crippen LogP contribution in [0.4, 0.5) is 0 Å². The van der Waals surface area contributed by atoms with E-state index in [1.807, 2.05) is 42.5 Å². The number of rotatable bonds is 7. The Morgan fingerprint density at radius 2 is 1.79 bits per heavy atom. The van der Waals surface area contributed by atoms with Gasteiger partial charge in [-0.25, -0.2) is 8.42 Å². The number of benzene rings is 2. The second-order valence-electron chi connectivity index (χ2n) is 8.01. The lowest BCUT2D eigenvalue weighted by Crippen LogP contribution is -2.46. The van der Waals surface area contributed by atoms with Gasteiger partial charge in [-0.15, -0.1) is 0 Å². The Balaban J connectivity index is 1.69. The van der Waals surface area contributed by atoms with E-state index < -0.39 is 10.0 Å². The van der Waals surface area contributed by atoms with E-state index in [0.29, 0.717) is 24.5 Å². The van der Waals surface area contributed by atoms with Gasteiger partial charge < -0.3 is 14.4 Å². The van der Waals surface area contributed by atoms with Crippen molar-refractivity contribution >= 4 is 15.9 Å². The molecule has 8 nitrogen and oxygen atoms in total. The lowest BCUT2D eigenvalue weighted by Gasteiger charge is -2.38. The maximum atomic E-state index is 13.5. The van der Waals surface area contributed by atoms with Crippen LogP contribution in [0.15, 0.2) is 71.9 Å². The number of ether oxygens (including phenoxy) is 2. The van der Waals surface area contributed by atoms with Crippen LogP contribution in [-0.2, 0) is 21.2 Å². The van der Waals surface area contributed by atoms with Crippen LogP contribution in [0.1, 0.15) is 22.7 Å². The summed E-state index contributed by atoms with van der Waals surface area (Å²) in [5.41, 5.74) is 2.93. The summed E-state index contributed by atoms with van der Waals surface area (Å²) in [5.74, 6) is 0.923. The van der Waals surface area contributed by atoms with E-state index in [9.17, 15) is 13.2 Å². The van der Waals surface area contributed by atoms with Crippen LogP contribution >= 0.6 is 0 Å². The first-order valence-corrected chi connectivity index (χ1v) is 12.3. The van der Waals surface area contributed by atoms with Gasteiger partial charge in [-0.1, -0.05) is 30.3 Å². The van der Waals surface area contributed by atoms with Gasteiger partial charge >= 0.3 is 0 Å². The van der Waals surface area contributed by atoms with Gasteiger partial charge in [0, 0.05) is 26.0 Å². The number of methoxy groups -OCH3 is 2. The quantitative estimate of drug-likeness (QED) is 0.516. The molecule has 0 saturated heterocycles. The van der Waals surface area contributed by atoms with Crippen LogP contribution in [0.2, 0.25) is 0 Å². The number of aromatic nitrogens is 1. The van der Waals surface area contributed by atoms with E-state index in [0.717, 1.165) is 21.0 Å². The van der Waals surface area contributed by atoms with Crippen LogP contribution in [-0.4, -0.2) is 62.9 Å². The third-order valence-electron chi connectivity index (χ3n) is 6.01. The number of nitrogens with zero attached hydrogens (tertiary/aromatic N) is 3. The summed E-state index contributed by atoms with van der Waals surface area (Å²) in [6, 6.07) is 16.2. The fourth-order valence-electron chi connectivity index (χ4n) is 4.26. The second-order valence-corrected chi connectivity index (χ2v) is 10.1. The van der Waals surface area contributed by atoms with Crippen LogP contribution in [0.5, 0.6) is 11.5 Å². The number of likely N-dealkylation sites (N-methyl/N-ethyl adjacent to an activating group) is 1. The molecule has 1 aliphatic heterocycles. The predicted molar refractivity (Wildman–Crippen MR) is 127 cm³/mol. The minimum absolute atomic E-state index is 0.0470. The molecule has 2 aromatic carbocycles. The monoisotopic (exact) mass is 481 g/mol. The van der Waals surface area contributed by atoms with Crippen molar-refractivity contribution in [2.24, 2.45) is 0 Å². The zero-order valence-corrected chi connectivity index (χ0v) is 20.2. The summed E-state index contributed by atoms with van der Waals surface area (Å²) in [6.45, 7) is 0.158. The Bertz CT molecular complexity index is 1270. The number of hydrogen-bond acceptors (Lipinski definition) is 6. The molecule has 0 radical (unpaired) electrons. The third-order valence-corrected chi connectivity index (χ3v) is 7.80. The van der Waals surface area contributed by atoms with Crippen molar-refractivity contribution in [2.45, 2.75) is 17.4 Å². The van der Waals surface area contributed by atoms with Crippen molar-refractivity contribution in [3.05, 3.63) is 83.7 Å². The van der Waals surface area contributed by atoms with Crippen LogP contribution in [0.25, 0.3) is 0 Å². The lowest BCUT2D eigenvalue weighted by atomic mass is 9.87. The number of carbonyl (C=O) groups is 1. The number of sulfonamides is 1. The first-order valence-electron chi connectivity index (χ1n) is 10.8. The molecule has 0 bridgehead atoms. The molecular formula is C25H27N3O5S. The van der Waals surface area contributed by atoms with Gasteiger partial charge in [0.25, 0.3) is 0 Å². The second kappa shape index (κ2) is 9.82. The molecule has 0 saturated carbocycles. The van der Waals surface area contributed by atoms with Gasteiger partial charge in [-0.05, 0) is 47.4 Å². The molecule has 2 heterocycles. The number of amides is 1. The Hall–Kier alpha value is -3.43. The largest absolute Gasteiger partial charge is 0.493 e. The zero-order valence-electron chi connectivity index (χ0n) is 19.3. The van der Waals surface area contributed by atoms with E-state index in [2.05, 4.69) is 4.98 Å². The average Bonchev–Trinajstić information content (AvgIpc) is 2.87. The molecule has 178 valence electrons. The molecular weight excluding hydrogens is 454 g/mol. The smallest absolute Gasteiger partial charge is 0.244 e. The van der Waals surface area contributed by atoms with Gasteiger partial charge in [-0.3, -0.25) is 9.78 Å². The topological polar surface area (TPSA) is 89.0 Å². The molecule has 1 amide bonds. The molecule has 1 aromatic heterocycles. The molecule has 0 N–H and O–H groups in total. The standard InChI is InChI=1S/C25H27N3O5S/c1-27(34(30,31)20-10-7-12-26-16-20)17-24(29)28-13-11-19-14-22(32-2)23(33-3)15-21(19)25(28)18-8-5-4-6-9-18/h4-10,12,14-16,25H,11,13,17H2,1-3H3. The molecule has 4 rings (SSSR count). The number of carbonyl (C=O) groups excluding carboxylic acids is 1. The molecule has 0 aliphatic carbocycles. The number of hydrogen-bond donors (Lipinski definition) is 0. The highest BCUT2D eigenvalue weighted by Gasteiger charge is 2.35. The lowest BCUT2D eigenvalue weighted by molar-refractivity contribution is -0.133. The summed E-state index contributed by atoms with van der Waals surface area (Å²) >= 11 is 0. The highest BCUT2D eigenvalue weighted by atomic mass is 32.2. The fraction of sp³-hybridized carbons (Fsp3) is 0.280. The Kier molecular flexibility index (Phi) is 6.85. The normalized spacial score (nSPS) is 15.6. The van der Waals surface area contributed by atoms with E-state index in [1.54, 1.807) is 25.2 Å². The molecule has 1 atom stereocenters. The number of pyridine rings is 1. The maximum Gasteiger partial charge on any atom is 0.244 e. The minimum atomic E-state index is -3.85. The van der Waals surface area contributed by atoms with Crippen molar-refractivity contribution in [2.75, 3.05) is 34.4 Å². The van der Waals surface area contributed by atoms with Crippen molar-refractivity contribution in [3.63, 3.8) is 0 Å². The van der Waals surface area contributed by atoms with Gasteiger partial charge in [0.05, 0.1) is 26.8 Å². The highest BCUT2D eigenvalue weighted by Crippen LogP contribution is 2.41. The van der Waals surface area contributed by atoms with E-state index in [-0.39, 0.29) is 23.4 Å². The summed E-state index contributed by atoms with van der Waals surface area (Å²) in [4.78, 5) is 19.2. The molecule has 1 unspecified atom stereocenters. The summed E-state index contributed by atoms with van der Waals surface area (Å²) in [5, 5.41) is 0. The van der Waals surface area contributed by atoms with Crippen LogP contribution in [0, 0.1) is 0 Å². The van der Waals surface area contributed by atoms with Gasteiger partial charge in [0.2, 0.25) is 15.9 Å². The first-order chi connectivity index (χ1) is 16.4. The van der Waals surface area contributed by atoms with Gasteiger partial charge in [0.1, 0.15) is 4.90 Å². The molecule has 3 aromatic rings. The maximum absolute atomic E-state index is 13.5. The number of fused-ring (bicyclic) bond motifs is 1. The minimum Gasteiger partial charge on any atom is -0.493 e. The zero-order chi connectivity index (χ0) is 24.3. The van der Waals surface area contributed by atoms with Crippen molar-refractivity contribution in [1.29, 1.82) is 0 Å². The summed E-state index contributed by atoms with van der Waals surface area (Å²) in [6.07, 6.45) is 3.40. The molecule has 34 heavy (non-hydrogen) atoms. The molecule has 0 spiro atoms. The van der Waals surface area contributed by atoms with E-state index in [4.69, 9.17) is 9.47 Å². The van der Waals surface area contributed by atoms with Crippen molar-refractivity contribution < 1.29 is 22.7 Å². The fourth-order valence-corrected chi connectivity index (χ4v) is 5.34. The van der Waals surface area contributed by atoms with E-state index in [1.165, 1.54) is 25.5 Å². The van der Waals surface area contributed by atoms with E-state index >= 15 is 0 Å². The van der Waals surface area contributed by atoms with Crippen LogP contribution in [0.3, 0.4) is 0 Å². The third kappa shape index (κ3) is 4.49. The molecule has 1 aliphatic rings.